The Kier molecular flexibility index (Phi) is 7.94. The molecule has 11 heteroatoms. The van der Waals surface area contributed by atoms with E-state index < -0.39 is 12.3 Å². The second-order valence-electron chi connectivity index (χ2n) is 7.32. The maximum Gasteiger partial charge on any atom is 0.283 e. The van der Waals surface area contributed by atoms with Crippen molar-refractivity contribution in [3.8, 4) is 5.75 Å². The maximum atomic E-state index is 13.1. The Morgan fingerprint density at radius 2 is 2.06 bits per heavy atom. The highest BCUT2D eigenvalue weighted by Crippen LogP contribution is 2.35. The number of aromatic nitrogens is 2. The van der Waals surface area contributed by atoms with Crippen LogP contribution in [-0.4, -0.2) is 29.2 Å². The number of aryl methyl sites for hydroxylation is 1. The molecule has 35 heavy (non-hydrogen) atoms. The van der Waals surface area contributed by atoms with Gasteiger partial charge in [0, 0.05) is 27.1 Å². The molecule has 1 N–H and O–H groups in total. The summed E-state index contributed by atoms with van der Waals surface area (Å²) in [5, 5.41) is 5.53. The molecule has 0 unspecified atom stereocenters. The molecule has 2 aromatic carbocycles. The largest absolute Gasteiger partial charge is 0.496 e. The fourth-order valence-electron chi connectivity index (χ4n) is 3.25. The molecule has 6 nitrogen and oxygen atoms in total. The highest BCUT2D eigenvalue weighted by molar-refractivity contribution is 7.98. The number of alkyl halides is 2. The summed E-state index contributed by atoms with van der Waals surface area (Å²) in [5.74, 6) is 0.612. The number of halogens is 3. The summed E-state index contributed by atoms with van der Waals surface area (Å²) in [4.78, 5) is 21.1. The fraction of sp³-hybridized carbons (Fsp3) is 0.167. The zero-order valence-electron chi connectivity index (χ0n) is 18.6. The Morgan fingerprint density at radius 3 is 2.80 bits per heavy atom. The van der Waals surface area contributed by atoms with Crippen molar-refractivity contribution < 1.29 is 18.3 Å². The molecular weight excluding hydrogens is 514 g/mol. The highest BCUT2D eigenvalue weighted by Gasteiger charge is 2.16. The van der Waals surface area contributed by atoms with E-state index >= 15 is 0 Å². The first-order valence-electron chi connectivity index (χ1n) is 10.3. The summed E-state index contributed by atoms with van der Waals surface area (Å²) in [7, 11) is 1.55. The van der Waals surface area contributed by atoms with Crippen molar-refractivity contribution >= 4 is 56.9 Å². The molecule has 1 amide bonds. The molecule has 0 fully saturated rings. The van der Waals surface area contributed by atoms with Crippen LogP contribution < -0.4 is 10.2 Å². The Labute approximate surface area is 213 Å². The van der Waals surface area contributed by atoms with Crippen molar-refractivity contribution in [2.75, 3.05) is 7.11 Å². The SMILES string of the molecule is COc1ccc(/C=N\NC(=O)c2sc3ccccc3c2Cl)cc1CSc1nc(C)cc(C(F)F)n1. The van der Waals surface area contributed by atoms with E-state index in [0.717, 1.165) is 15.6 Å². The van der Waals surface area contributed by atoms with Crippen LogP contribution in [0.3, 0.4) is 0 Å². The van der Waals surface area contributed by atoms with Gasteiger partial charge in [-0.05, 0) is 42.8 Å². The van der Waals surface area contributed by atoms with Crippen LogP contribution in [0.15, 0.2) is 58.8 Å². The second-order valence-corrected chi connectivity index (χ2v) is 9.69. The first kappa shape index (κ1) is 25.0. The molecule has 0 aliphatic heterocycles. The van der Waals surface area contributed by atoms with E-state index in [2.05, 4.69) is 20.5 Å². The Hall–Kier alpha value is -3.08. The number of thiophene rings is 1. The molecule has 0 saturated carbocycles. The number of benzene rings is 2. The number of hydrazone groups is 1. The van der Waals surface area contributed by atoms with Crippen molar-refractivity contribution in [1.82, 2.24) is 15.4 Å². The van der Waals surface area contributed by atoms with Gasteiger partial charge in [-0.3, -0.25) is 4.79 Å². The molecule has 4 aromatic rings. The first-order valence-corrected chi connectivity index (χ1v) is 12.5. The van der Waals surface area contributed by atoms with Gasteiger partial charge in [0.15, 0.2) is 5.16 Å². The quantitative estimate of drug-likeness (QED) is 0.119. The molecule has 0 saturated heterocycles. The molecule has 0 spiro atoms. The van der Waals surface area contributed by atoms with Crippen molar-refractivity contribution in [3.63, 3.8) is 0 Å². The van der Waals surface area contributed by atoms with Gasteiger partial charge in [0.05, 0.1) is 18.3 Å². The van der Waals surface area contributed by atoms with E-state index in [1.165, 1.54) is 35.4 Å². The standard InChI is InChI=1S/C24H19ClF2N4O2S2/c1-13-9-17(22(26)27)30-24(29-13)34-12-15-10-14(7-8-18(15)33-2)11-28-31-23(32)21-20(25)16-5-3-4-6-19(16)35-21/h3-11,22H,12H2,1-2H3,(H,31,32)/b28-11-. The number of rotatable bonds is 8. The summed E-state index contributed by atoms with van der Waals surface area (Å²) in [6.45, 7) is 1.65. The summed E-state index contributed by atoms with van der Waals surface area (Å²) in [6, 6.07) is 14.2. The molecule has 2 heterocycles. The predicted molar refractivity (Wildman–Crippen MR) is 136 cm³/mol. The average Bonchev–Trinajstić information content (AvgIpc) is 3.19. The van der Waals surface area contributed by atoms with Crippen LogP contribution in [0.25, 0.3) is 10.1 Å². The van der Waals surface area contributed by atoms with Crippen LogP contribution in [0.4, 0.5) is 8.78 Å². The first-order chi connectivity index (χ1) is 16.9. The van der Waals surface area contributed by atoms with Crippen LogP contribution in [0, 0.1) is 6.92 Å². The topological polar surface area (TPSA) is 76.5 Å². The van der Waals surface area contributed by atoms with E-state index in [1.54, 1.807) is 26.2 Å². The Morgan fingerprint density at radius 1 is 1.26 bits per heavy atom. The number of hydrogen-bond acceptors (Lipinski definition) is 7. The number of carbonyl (C=O) groups is 1. The number of carbonyl (C=O) groups excluding carboxylic acids is 1. The third-order valence-electron chi connectivity index (χ3n) is 4.86. The number of amides is 1. The lowest BCUT2D eigenvalue weighted by Crippen LogP contribution is -2.16. The lowest BCUT2D eigenvalue weighted by Gasteiger charge is -2.10. The molecule has 0 aliphatic carbocycles. The van der Waals surface area contributed by atoms with Crippen molar-refractivity contribution in [1.29, 1.82) is 0 Å². The number of nitrogens with zero attached hydrogens (tertiary/aromatic N) is 3. The van der Waals surface area contributed by atoms with Gasteiger partial charge in [0.2, 0.25) is 0 Å². The van der Waals surface area contributed by atoms with Gasteiger partial charge in [0.1, 0.15) is 16.3 Å². The minimum Gasteiger partial charge on any atom is -0.496 e. The third-order valence-corrected chi connectivity index (χ3v) is 7.43. The minimum atomic E-state index is -2.66. The van der Waals surface area contributed by atoms with Crippen LogP contribution in [0.5, 0.6) is 5.75 Å². The predicted octanol–water partition coefficient (Wildman–Crippen LogP) is 6.66. The van der Waals surface area contributed by atoms with Gasteiger partial charge >= 0.3 is 0 Å². The summed E-state index contributed by atoms with van der Waals surface area (Å²) in [5.41, 5.74) is 4.18. The van der Waals surface area contributed by atoms with Gasteiger partial charge in [0.25, 0.3) is 12.3 Å². The number of nitrogens with one attached hydrogen (secondary N) is 1. The van der Waals surface area contributed by atoms with Crippen molar-refractivity contribution in [2.45, 2.75) is 24.3 Å². The number of ether oxygens (including phenoxy) is 1. The van der Waals surface area contributed by atoms with E-state index in [0.29, 0.717) is 32.7 Å². The van der Waals surface area contributed by atoms with Gasteiger partial charge in [-0.2, -0.15) is 5.10 Å². The maximum absolute atomic E-state index is 13.1. The van der Waals surface area contributed by atoms with Crippen LogP contribution in [-0.2, 0) is 5.75 Å². The van der Waals surface area contributed by atoms with Gasteiger partial charge < -0.3 is 4.74 Å². The van der Waals surface area contributed by atoms with Crippen LogP contribution in [0.1, 0.15) is 38.6 Å². The monoisotopic (exact) mass is 532 g/mol. The number of thioether (sulfide) groups is 1. The number of hydrogen-bond donors (Lipinski definition) is 1. The average molecular weight is 533 g/mol. The van der Waals surface area contributed by atoms with E-state index in [4.69, 9.17) is 16.3 Å². The molecule has 180 valence electrons. The number of fused-ring (bicyclic) bond motifs is 1. The molecule has 0 aliphatic rings. The van der Waals surface area contributed by atoms with E-state index in [1.807, 2.05) is 30.3 Å². The smallest absolute Gasteiger partial charge is 0.283 e. The van der Waals surface area contributed by atoms with Crippen LogP contribution in [0.2, 0.25) is 5.02 Å². The van der Waals surface area contributed by atoms with Gasteiger partial charge in [-0.15, -0.1) is 11.3 Å². The molecule has 0 bridgehead atoms. The lowest BCUT2D eigenvalue weighted by atomic mass is 10.1. The number of methoxy groups -OCH3 is 1. The third kappa shape index (κ3) is 5.95. The second kappa shape index (κ2) is 11.1. The molecule has 4 rings (SSSR count). The molecule has 2 aromatic heterocycles. The zero-order valence-corrected chi connectivity index (χ0v) is 21.0. The molecule has 0 radical (unpaired) electrons. The minimum absolute atomic E-state index is 0.258. The van der Waals surface area contributed by atoms with E-state index in [-0.39, 0.29) is 10.9 Å². The van der Waals surface area contributed by atoms with Crippen molar-refractivity contribution in [2.24, 2.45) is 5.10 Å². The van der Waals surface area contributed by atoms with Gasteiger partial charge in [-0.25, -0.2) is 24.2 Å². The summed E-state index contributed by atoms with van der Waals surface area (Å²) < 4.78 is 32.4. The normalized spacial score (nSPS) is 11.5. The van der Waals surface area contributed by atoms with Gasteiger partial charge in [-0.1, -0.05) is 41.6 Å². The molecule has 0 atom stereocenters. The molecular formula is C24H19ClF2N4O2S2. The summed E-state index contributed by atoms with van der Waals surface area (Å²) >= 11 is 8.88. The Bertz CT molecular complexity index is 1410. The zero-order chi connectivity index (χ0) is 24.9. The highest BCUT2D eigenvalue weighted by atomic mass is 35.5. The lowest BCUT2D eigenvalue weighted by molar-refractivity contribution is 0.0959. The Balaban J connectivity index is 1.46. The van der Waals surface area contributed by atoms with Crippen molar-refractivity contribution in [3.05, 3.63) is 80.9 Å². The van der Waals surface area contributed by atoms with E-state index in [9.17, 15) is 13.6 Å². The van der Waals surface area contributed by atoms with Crippen LogP contribution >= 0.6 is 34.7 Å². The summed E-state index contributed by atoms with van der Waals surface area (Å²) in [6.07, 6.45) is -1.16. The fourth-order valence-corrected chi connectivity index (χ4v) is 5.55.